The molecule has 480 valence electrons. The van der Waals surface area contributed by atoms with E-state index < -0.39 is 95.9 Å². The first-order valence-electron chi connectivity index (χ1n) is 31.5. The normalized spacial score (nSPS) is 34.3. The monoisotopic (exact) mass is 1200 g/mol. The zero-order valence-corrected chi connectivity index (χ0v) is 52.7. The van der Waals surface area contributed by atoms with E-state index in [9.17, 15) is 44.1 Å². The van der Waals surface area contributed by atoms with Gasteiger partial charge in [-0.15, -0.1) is 0 Å². The minimum Gasteiger partial charge on any atom is -0.461 e. The molecule has 1 saturated carbocycles. The maximum Gasteiger partial charge on any atom is 0.407 e. The molecule has 0 spiro atoms. The number of alkyl carbamates (subject to hydrolysis) is 1. The smallest absolute Gasteiger partial charge is 0.407 e. The summed E-state index contributed by atoms with van der Waals surface area (Å²) in [5.74, 6) is -6.63. The maximum absolute atomic E-state index is 14.7. The predicted octanol–water partition coefficient (Wildman–Crippen LogP) is 7.15. The second-order valence-electron chi connectivity index (χ2n) is 24.9. The molecule has 4 fully saturated rings. The van der Waals surface area contributed by atoms with Crippen LogP contribution in [0.2, 0.25) is 0 Å². The number of Topliss-reactive ketones (excluding diaryl/α,β-unsaturated/α-hetero) is 2. The van der Waals surface area contributed by atoms with E-state index in [1.54, 1.807) is 47.4 Å². The topological polar surface area (TPSA) is 266 Å². The second-order valence-corrected chi connectivity index (χ2v) is 24.9. The number of ether oxygens (including phenoxy) is 6. The van der Waals surface area contributed by atoms with Crippen molar-refractivity contribution in [3.63, 3.8) is 0 Å². The van der Waals surface area contributed by atoms with Crippen molar-refractivity contribution >= 4 is 41.4 Å². The third kappa shape index (κ3) is 19.5. The molecule has 3 amide bonds. The van der Waals surface area contributed by atoms with E-state index in [4.69, 9.17) is 28.4 Å². The number of carbonyl (C=O) groups is 6. The highest BCUT2D eigenvalue weighted by Crippen LogP contribution is 2.38. The summed E-state index contributed by atoms with van der Waals surface area (Å²) in [6, 6.07) is -1.10. The molecule has 0 unspecified atom stereocenters. The average Bonchev–Trinajstić information content (AvgIpc) is 2.29. The molecule has 1 aromatic rings. The van der Waals surface area contributed by atoms with Crippen molar-refractivity contribution in [2.45, 2.75) is 206 Å². The van der Waals surface area contributed by atoms with Crippen molar-refractivity contribution in [1.29, 1.82) is 0 Å². The van der Waals surface area contributed by atoms with Gasteiger partial charge in [0.2, 0.25) is 17.6 Å². The molecule has 0 aromatic carbocycles. The second kappa shape index (κ2) is 33.8. The van der Waals surface area contributed by atoms with Crippen molar-refractivity contribution < 1.29 is 72.5 Å². The number of nitrogens with zero attached hydrogens (tertiary/aromatic N) is 5. The van der Waals surface area contributed by atoms with Crippen molar-refractivity contribution in [1.82, 2.24) is 25.1 Å². The number of anilines is 1. The molecule has 0 radical (unpaired) electrons. The maximum atomic E-state index is 14.7. The molecule has 21 nitrogen and oxygen atoms in total. The number of aliphatic hydroxyl groups is 3. The lowest BCUT2D eigenvalue weighted by Gasteiger charge is -2.42. The Morgan fingerprint density at radius 1 is 0.814 bits per heavy atom. The highest BCUT2D eigenvalue weighted by Gasteiger charge is 2.53. The fraction of sp³-hybridized carbons (Fsp3) is 0.723. The molecule has 4 N–H and O–H groups in total. The quantitative estimate of drug-likeness (QED) is 0.0661. The summed E-state index contributed by atoms with van der Waals surface area (Å²) in [7, 11) is 3.17. The van der Waals surface area contributed by atoms with Crippen molar-refractivity contribution in [2.24, 2.45) is 35.5 Å². The number of rotatable bonds is 13. The molecular formula is C65H100N6O15. The van der Waals surface area contributed by atoms with Crippen molar-refractivity contribution in [3.05, 3.63) is 65.6 Å². The van der Waals surface area contributed by atoms with Gasteiger partial charge in [-0.1, -0.05) is 71.1 Å². The first-order valence-corrected chi connectivity index (χ1v) is 31.5. The molecule has 86 heavy (non-hydrogen) atoms. The minimum atomic E-state index is -2.43. The van der Waals surface area contributed by atoms with E-state index >= 15 is 0 Å². The summed E-state index contributed by atoms with van der Waals surface area (Å²) >= 11 is 0. The number of ketones is 2. The Bertz CT molecular complexity index is 2520. The van der Waals surface area contributed by atoms with E-state index in [1.807, 2.05) is 80.9 Å². The molecule has 1 aromatic heterocycles. The first-order chi connectivity index (χ1) is 41.1. The van der Waals surface area contributed by atoms with Crippen LogP contribution in [0.15, 0.2) is 60.0 Å². The van der Waals surface area contributed by atoms with Gasteiger partial charge < -0.3 is 63.8 Å². The van der Waals surface area contributed by atoms with Gasteiger partial charge in [-0.3, -0.25) is 19.2 Å². The van der Waals surface area contributed by atoms with E-state index in [0.717, 1.165) is 5.57 Å². The van der Waals surface area contributed by atoms with Gasteiger partial charge in [0, 0.05) is 96.3 Å². The Morgan fingerprint density at radius 3 is 2.24 bits per heavy atom. The largest absolute Gasteiger partial charge is 0.461 e. The van der Waals surface area contributed by atoms with Crippen LogP contribution >= 0.6 is 0 Å². The molecule has 1 aliphatic carbocycles. The van der Waals surface area contributed by atoms with Crippen LogP contribution in [0.25, 0.3) is 0 Å². The Labute approximate surface area is 509 Å². The van der Waals surface area contributed by atoms with Gasteiger partial charge in [0.15, 0.2) is 5.78 Å². The lowest BCUT2D eigenvalue weighted by atomic mass is 9.78. The molecular weight excluding hydrogens is 1100 g/mol. The number of aliphatic hydroxyl groups excluding tert-OH is 2. The lowest BCUT2D eigenvalue weighted by molar-refractivity contribution is -0.265. The summed E-state index contributed by atoms with van der Waals surface area (Å²) in [6.45, 7) is 18.5. The van der Waals surface area contributed by atoms with Crippen LogP contribution < -0.4 is 10.2 Å². The van der Waals surface area contributed by atoms with Gasteiger partial charge in [-0.2, -0.15) is 0 Å². The average molecular weight is 1210 g/mol. The fourth-order valence-corrected chi connectivity index (χ4v) is 12.8. The minimum absolute atomic E-state index is 0.0177. The van der Waals surface area contributed by atoms with Crippen molar-refractivity contribution in [3.8, 4) is 0 Å². The zero-order valence-electron chi connectivity index (χ0n) is 52.7. The summed E-state index contributed by atoms with van der Waals surface area (Å²) in [6.07, 6.45) is 15.0. The van der Waals surface area contributed by atoms with E-state index in [0.29, 0.717) is 140 Å². The van der Waals surface area contributed by atoms with Crippen LogP contribution in [0.5, 0.6) is 0 Å². The summed E-state index contributed by atoms with van der Waals surface area (Å²) in [5, 5.41) is 37.4. The Balaban J connectivity index is 1.13. The van der Waals surface area contributed by atoms with E-state index in [-0.39, 0.29) is 49.1 Å². The number of fused-ring (bicyclic) bond motifs is 3. The van der Waals surface area contributed by atoms with Gasteiger partial charge in [0.25, 0.3) is 11.7 Å². The SMILES string of the molecule is CCOCCC(=O)N1CCN(c2ncc(CNC(=O)O[C@@H]3CC[C@@H](C[C@@H](C)[C@@H]4CC[C@H](C)/C=C(\C)[C@@H](O)[C@@H](O)C(=O)[C@H](C)C[C@H](C)/C=C/C=C/C=C(\C)[C@@H](OC)C[C@@H]5CC[C@@H](C)[C@@](O)(O5)C(=O)C(=O)N5CCCC[C@H]5C(=O)O4)C[C@H]3OC)cn2)CC1. The predicted molar refractivity (Wildman–Crippen MR) is 323 cm³/mol. The molecule has 6 rings (SSSR count). The number of cyclic esters (lactones) is 1. The number of hydrogen-bond donors (Lipinski definition) is 4. The van der Waals surface area contributed by atoms with Gasteiger partial charge in [-0.25, -0.2) is 19.6 Å². The Morgan fingerprint density at radius 2 is 1.55 bits per heavy atom. The van der Waals surface area contributed by atoms with Crippen LogP contribution in [0.1, 0.15) is 151 Å². The van der Waals surface area contributed by atoms with Gasteiger partial charge >= 0.3 is 12.1 Å². The third-order valence-electron chi connectivity index (χ3n) is 18.2. The number of esters is 1. The molecule has 5 aliphatic rings. The van der Waals surface area contributed by atoms with Crippen LogP contribution in [-0.2, 0) is 58.9 Å². The first kappa shape index (κ1) is 69.7. The highest BCUT2D eigenvalue weighted by molar-refractivity contribution is 6.39. The number of piperidine rings is 1. The highest BCUT2D eigenvalue weighted by atomic mass is 16.6. The molecule has 21 heteroatoms. The van der Waals surface area contributed by atoms with Crippen LogP contribution in [0.3, 0.4) is 0 Å². The van der Waals surface area contributed by atoms with E-state index in [1.165, 1.54) is 4.90 Å². The summed E-state index contributed by atoms with van der Waals surface area (Å²) in [5.41, 5.74) is 1.99. The van der Waals surface area contributed by atoms with Crippen LogP contribution in [0, 0.1) is 35.5 Å². The fourth-order valence-electron chi connectivity index (χ4n) is 12.8. The van der Waals surface area contributed by atoms with Gasteiger partial charge in [-0.05, 0) is 133 Å². The number of amides is 3. The number of methoxy groups -OCH3 is 2. The molecule has 2 bridgehead atoms. The van der Waals surface area contributed by atoms with Crippen LogP contribution in [-0.4, -0.2) is 185 Å². The Kier molecular flexibility index (Phi) is 27.4. The number of allylic oxidation sites excluding steroid dienone is 6. The molecule has 3 saturated heterocycles. The molecule has 5 heterocycles. The van der Waals surface area contributed by atoms with Gasteiger partial charge in [0.05, 0.1) is 31.3 Å². The number of aromatic nitrogens is 2. The lowest BCUT2D eigenvalue weighted by Crippen LogP contribution is -2.61. The third-order valence-corrected chi connectivity index (χ3v) is 18.2. The van der Waals surface area contributed by atoms with E-state index in [2.05, 4.69) is 15.3 Å². The van der Waals surface area contributed by atoms with Crippen LogP contribution in [0.4, 0.5) is 10.7 Å². The Hall–Kier alpha value is -5.42. The number of nitrogens with one attached hydrogen (secondary N) is 1. The molecule has 4 aliphatic heterocycles. The summed E-state index contributed by atoms with van der Waals surface area (Å²) in [4.78, 5) is 97.0. The van der Waals surface area contributed by atoms with Crippen molar-refractivity contribution in [2.75, 3.05) is 65.1 Å². The summed E-state index contributed by atoms with van der Waals surface area (Å²) < 4.78 is 35.8. The number of hydrogen-bond acceptors (Lipinski definition) is 18. The number of piperazine rings is 1. The standard InChI is InChI=1S/C65H100N6O15/c1-11-83-32-26-56(72)69-28-30-70(31-29-69)63-66-38-49(39-67-63)40-68-64(79)85-53-25-22-48(36-55(53)82-10)35-44(5)52-24-20-42(3)34-46(7)58(74)59(75)57(73)45(6)33-41(2)17-13-12-14-18-43(4)54(81-9)37-50-23-21-47(8)65(80,86-50)60(76)61(77)71-27-16-15-19-51(71)62(78)84-52/h12-14,17-18,34,38-39,41-42,44-45,47-48,50-55,58-59,74-75,80H,11,15-16,19-33,35-37,40H2,1-10H3,(H,68,79)/b14-12+,17-13+,43-18+,46-34+/t41-,42+,44-,45-,47-,48+,50+,51+,52+,53-,54+,55-,58-,59+,65-/m1/s1. The number of carbonyl (C=O) groups excluding carboxylic acids is 6. The van der Waals surface area contributed by atoms with Gasteiger partial charge in [0.1, 0.15) is 30.5 Å². The molecule has 15 atom stereocenters. The zero-order chi connectivity index (χ0) is 62.7.